The highest BCUT2D eigenvalue weighted by atomic mass is 32.1. The van der Waals surface area contributed by atoms with Crippen LogP contribution in [-0.2, 0) is 0 Å². The van der Waals surface area contributed by atoms with Crippen molar-refractivity contribution >= 4 is 29.2 Å². The maximum Gasteiger partial charge on any atom is 0.191 e. The number of aliphatic hydroxyl groups excluding tert-OH is 1. The zero-order valence-electron chi connectivity index (χ0n) is 25.4. The molecule has 1 aromatic rings. The monoisotopic (exact) mass is 567 g/mol. The molecule has 6 heteroatoms. The molecule has 0 heterocycles. The number of nitrogens with one attached hydrogen (secondary N) is 2. The summed E-state index contributed by atoms with van der Waals surface area (Å²) in [6.07, 6.45) is 12.6. The molecule has 4 aliphatic rings. The van der Waals surface area contributed by atoms with E-state index in [1.807, 2.05) is 36.5 Å². The summed E-state index contributed by atoms with van der Waals surface area (Å²) in [5, 5.41) is 31.6. The van der Waals surface area contributed by atoms with Gasteiger partial charge in [-0.25, -0.2) is 0 Å². The number of rotatable bonds is 8. The van der Waals surface area contributed by atoms with Crippen LogP contribution in [0.3, 0.4) is 0 Å². The van der Waals surface area contributed by atoms with E-state index >= 15 is 0 Å². The van der Waals surface area contributed by atoms with Crippen LogP contribution in [0.4, 0.5) is 5.69 Å². The summed E-state index contributed by atoms with van der Waals surface area (Å²) in [4.78, 5) is 0. The largest absolute Gasteiger partial charge is 0.393 e. The Balaban J connectivity index is 1.39. The van der Waals surface area contributed by atoms with Gasteiger partial charge >= 0.3 is 0 Å². The van der Waals surface area contributed by atoms with Gasteiger partial charge in [-0.15, -0.1) is 0 Å². The molecule has 222 valence electrons. The van der Waals surface area contributed by atoms with Crippen LogP contribution < -0.4 is 10.7 Å². The van der Waals surface area contributed by atoms with E-state index in [1.165, 1.54) is 44.9 Å². The first-order valence-electron chi connectivity index (χ1n) is 16.1. The number of nitrogens with zero attached hydrogens (tertiary/aromatic N) is 1. The van der Waals surface area contributed by atoms with Crippen LogP contribution in [0, 0.1) is 52.3 Å². The Bertz CT molecular complexity index is 1060. The van der Waals surface area contributed by atoms with Crippen LogP contribution >= 0.6 is 12.2 Å². The zero-order chi connectivity index (χ0) is 28.7. The summed E-state index contributed by atoms with van der Waals surface area (Å²) in [6, 6.07) is 9.86. The molecule has 4 saturated carbocycles. The first-order chi connectivity index (χ1) is 19.0. The zero-order valence-corrected chi connectivity index (χ0v) is 26.2. The van der Waals surface area contributed by atoms with Crippen molar-refractivity contribution in [2.24, 2.45) is 57.4 Å². The van der Waals surface area contributed by atoms with E-state index in [0.717, 1.165) is 36.3 Å². The standard InChI is InChI=1S/C34H53N3O2S/c1-22(2)10-9-11-23(3)26-14-15-27-30-28(17-18-32(26,27)4)33(5)19-16-25(38)20-34(33,39)29(30)21-35-37-31(40)36-24-12-7-6-8-13-24/h6-8,12-13,21-23,25-30,38-39H,9-11,14-20H2,1-5H3,(H2,36,37,40)/b35-21+/t23-,25+,26-,27?,28?,29?,30?,32-,33-,34-/m1/s1. The minimum atomic E-state index is -0.953. The van der Waals surface area contributed by atoms with Crippen LogP contribution in [-0.4, -0.2) is 33.2 Å². The summed E-state index contributed by atoms with van der Waals surface area (Å²) < 4.78 is 0. The van der Waals surface area contributed by atoms with E-state index in [9.17, 15) is 10.2 Å². The van der Waals surface area contributed by atoms with Crippen LogP contribution in [0.25, 0.3) is 0 Å². The van der Waals surface area contributed by atoms with Crippen LogP contribution in [0.1, 0.15) is 98.8 Å². The minimum Gasteiger partial charge on any atom is -0.393 e. The van der Waals surface area contributed by atoms with Gasteiger partial charge in [-0.1, -0.05) is 72.1 Å². The molecule has 4 fully saturated rings. The highest BCUT2D eigenvalue weighted by molar-refractivity contribution is 7.80. The van der Waals surface area contributed by atoms with Crippen molar-refractivity contribution in [2.45, 2.75) is 111 Å². The number of hydrazone groups is 1. The number of aliphatic hydroxyl groups is 2. The number of fused-ring (bicyclic) bond motifs is 5. The van der Waals surface area contributed by atoms with Crippen molar-refractivity contribution in [3.05, 3.63) is 30.3 Å². The van der Waals surface area contributed by atoms with E-state index in [-0.39, 0.29) is 11.3 Å². The molecule has 0 radical (unpaired) electrons. The Morgan fingerprint density at radius 1 is 1.05 bits per heavy atom. The van der Waals surface area contributed by atoms with Gasteiger partial charge in [-0.2, -0.15) is 5.10 Å². The Morgan fingerprint density at radius 3 is 2.52 bits per heavy atom. The normalized spacial score (nSPS) is 41.4. The van der Waals surface area contributed by atoms with E-state index < -0.39 is 11.7 Å². The van der Waals surface area contributed by atoms with Gasteiger partial charge in [-0.3, -0.25) is 5.43 Å². The second kappa shape index (κ2) is 11.6. The van der Waals surface area contributed by atoms with Crippen molar-refractivity contribution in [1.29, 1.82) is 0 Å². The molecule has 0 bridgehead atoms. The van der Waals surface area contributed by atoms with Crippen LogP contribution in [0.5, 0.6) is 0 Å². The summed E-state index contributed by atoms with van der Waals surface area (Å²) in [5.74, 6) is 3.60. The number of thiocarbonyl (C=S) groups is 1. The quantitative estimate of drug-likeness (QED) is 0.150. The van der Waals surface area contributed by atoms with E-state index in [1.54, 1.807) is 0 Å². The molecule has 1 aromatic carbocycles. The van der Waals surface area contributed by atoms with Crippen molar-refractivity contribution in [1.82, 2.24) is 5.43 Å². The van der Waals surface area contributed by atoms with Gasteiger partial charge in [0.2, 0.25) is 0 Å². The summed E-state index contributed by atoms with van der Waals surface area (Å²) in [6.45, 7) is 12.1. The minimum absolute atomic E-state index is 0.0934. The summed E-state index contributed by atoms with van der Waals surface area (Å²) >= 11 is 5.52. The van der Waals surface area contributed by atoms with E-state index in [4.69, 9.17) is 12.2 Å². The van der Waals surface area contributed by atoms with Crippen molar-refractivity contribution in [2.75, 3.05) is 5.32 Å². The molecule has 4 unspecified atom stereocenters. The Hall–Kier alpha value is -1.50. The fraction of sp³-hybridized carbons (Fsp3) is 0.765. The average molecular weight is 568 g/mol. The third kappa shape index (κ3) is 5.26. The molecule has 0 aromatic heterocycles. The van der Waals surface area contributed by atoms with Crippen LogP contribution in [0.15, 0.2) is 35.4 Å². The fourth-order valence-corrected chi connectivity index (χ4v) is 10.4. The van der Waals surface area contributed by atoms with Crippen molar-refractivity contribution < 1.29 is 10.2 Å². The first-order valence-corrected chi connectivity index (χ1v) is 16.5. The molecule has 4 aliphatic carbocycles. The second-order valence-electron chi connectivity index (χ2n) is 14.8. The molecular weight excluding hydrogens is 514 g/mol. The molecule has 0 saturated heterocycles. The Kier molecular flexibility index (Phi) is 8.73. The van der Waals surface area contributed by atoms with Gasteiger partial charge in [0.05, 0.1) is 11.7 Å². The fourth-order valence-electron chi connectivity index (χ4n) is 10.3. The number of benzene rings is 1. The second-order valence-corrected chi connectivity index (χ2v) is 15.2. The maximum atomic E-state index is 12.6. The van der Waals surface area contributed by atoms with E-state index in [0.29, 0.717) is 34.7 Å². The summed E-state index contributed by atoms with van der Waals surface area (Å²) in [7, 11) is 0. The predicted molar refractivity (Wildman–Crippen MR) is 169 cm³/mol. The van der Waals surface area contributed by atoms with Gasteiger partial charge in [0.15, 0.2) is 5.11 Å². The lowest BCUT2D eigenvalue weighted by atomic mass is 9.53. The Morgan fingerprint density at radius 2 is 1.80 bits per heavy atom. The van der Waals surface area contributed by atoms with Gasteiger partial charge in [0, 0.05) is 29.7 Å². The molecule has 0 aliphatic heterocycles. The topological polar surface area (TPSA) is 76.9 Å². The predicted octanol–water partition coefficient (Wildman–Crippen LogP) is 7.39. The van der Waals surface area contributed by atoms with Gasteiger partial charge in [0.1, 0.15) is 0 Å². The average Bonchev–Trinajstić information content (AvgIpc) is 3.34. The van der Waals surface area contributed by atoms with Crippen molar-refractivity contribution in [3.63, 3.8) is 0 Å². The number of para-hydroxylation sites is 1. The molecule has 5 nitrogen and oxygen atoms in total. The SMILES string of the molecule is CC(C)CCC[C@@H](C)[C@H]1CCC2C3C(/C=N/NC(=S)Nc4ccccc4)[C@]4(O)C[C@@H](O)CC[C@]4(C)C3CC[C@@]21C. The third-order valence-corrected chi connectivity index (χ3v) is 12.5. The van der Waals surface area contributed by atoms with Gasteiger partial charge in [0.25, 0.3) is 0 Å². The molecular formula is C34H53N3O2S. The Labute approximate surface area is 248 Å². The lowest BCUT2D eigenvalue weighted by Crippen LogP contribution is -2.54. The first kappa shape index (κ1) is 30.0. The molecule has 0 amide bonds. The molecule has 4 N–H and O–H groups in total. The molecule has 0 spiro atoms. The third-order valence-electron chi connectivity index (χ3n) is 12.3. The van der Waals surface area contributed by atoms with Gasteiger partial charge in [-0.05, 0) is 104 Å². The number of hydrogen-bond donors (Lipinski definition) is 4. The maximum absolute atomic E-state index is 12.6. The smallest absolute Gasteiger partial charge is 0.191 e. The summed E-state index contributed by atoms with van der Waals surface area (Å²) in [5.41, 5.74) is 3.11. The van der Waals surface area contributed by atoms with Crippen LogP contribution in [0.2, 0.25) is 0 Å². The molecule has 5 rings (SSSR count). The number of hydrogen-bond acceptors (Lipinski definition) is 4. The van der Waals surface area contributed by atoms with E-state index in [2.05, 4.69) is 50.5 Å². The van der Waals surface area contributed by atoms with Crippen molar-refractivity contribution in [3.8, 4) is 0 Å². The highest BCUT2D eigenvalue weighted by Gasteiger charge is 2.71. The number of anilines is 1. The highest BCUT2D eigenvalue weighted by Crippen LogP contribution is 2.72. The molecule has 10 atom stereocenters. The lowest BCUT2D eigenvalue weighted by Gasteiger charge is -2.52. The van der Waals surface area contributed by atoms with Gasteiger partial charge < -0.3 is 15.5 Å². The molecule has 40 heavy (non-hydrogen) atoms. The lowest BCUT2D eigenvalue weighted by molar-refractivity contribution is -0.141.